The van der Waals surface area contributed by atoms with Crippen molar-refractivity contribution in [2.24, 2.45) is 0 Å². The molecule has 2 aromatic carbocycles. The monoisotopic (exact) mass is 537 g/mol. The highest BCUT2D eigenvalue weighted by atomic mass is 16.5. The van der Waals surface area contributed by atoms with E-state index in [4.69, 9.17) is 9.47 Å². The SMILES string of the molecule is CC(=O)N1CCN(Cc2cccc(OCCCN3CCCCCC3=O)c2)CC(O)(COc2ccc(C)cc2)C1. The van der Waals surface area contributed by atoms with Crippen molar-refractivity contribution in [3.05, 3.63) is 59.7 Å². The highest BCUT2D eigenvalue weighted by molar-refractivity contribution is 5.76. The molecule has 2 heterocycles. The molecule has 2 saturated heterocycles. The van der Waals surface area contributed by atoms with Gasteiger partial charge in [-0.3, -0.25) is 14.5 Å². The fourth-order valence-corrected chi connectivity index (χ4v) is 5.30. The predicted octanol–water partition coefficient (Wildman–Crippen LogP) is 3.64. The zero-order valence-corrected chi connectivity index (χ0v) is 23.4. The fraction of sp³-hybridized carbons (Fsp3) is 0.548. The van der Waals surface area contributed by atoms with Crippen molar-refractivity contribution in [2.45, 2.75) is 58.1 Å². The molecule has 8 nitrogen and oxygen atoms in total. The second kappa shape index (κ2) is 13.8. The Labute approximate surface area is 232 Å². The van der Waals surface area contributed by atoms with Gasteiger partial charge in [0.15, 0.2) is 0 Å². The number of nitrogens with zero attached hydrogens (tertiary/aromatic N) is 3. The fourth-order valence-electron chi connectivity index (χ4n) is 5.30. The molecule has 2 amide bonds. The van der Waals surface area contributed by atoms with Crippen molar-refractivity contribution in [2.75, 3.05) is 52.5 Å². The Hall–Kier alpha value is -3.10. The van der Waals surface area contributed by atoms with Gasteiger partial charge >= 0.3 is 0 Å². The number of amides is 2. The number of β-amino-alcohol motifs (C(OH)–C–C–N with tert-alkyl or cyclic N) is 1. The van der Waals surface area contributed by atoms with E-state index in [1.165, 1.54) is 0 Å². The number of rotatable bonds is 10. The van der Waals surface area contributed by atoms with Gasteiger partial charge in [0.05, 0.1) is 13.2 Å². The maximum Gasteiger partial charge on any atom is 0.222 e. The molecule has 0 saturated carbocycles. The van der Waals surface area contributed by atoms with Crippen LogP contribution in [0.1, 0.15) is 50.2 Å². The molecule has 2 aliphatic rings. The molecule has 0 spiro atoms. The van der Waals surface area contributed by atoms with Crippen molar-refractivity contribution < 1.29 is 24.2 Å². The zero-order chi connectivity index (χ0) is 27.7. The summed E-state index contributed by atoms with van der Waals surface area (Å²) in [5.74, 6) is 1.71. The van der Waals surface area contributed by atoms with Gasteiger partial charge in [-0.05, 0) is 56.0 Å². The number of aryl methyl sites for hydroxylation is 1. The van der Waals surface area contributed by atoms with Gasteiger partial charge in [0.1, 0.15) is 23.7 Å². The summed E-state index contributed by atoms with van der Waals surface area (Å²) >= 11 is 0. The largest absolute Gasteiger partial charge is 0.494 e. The normalized spacial score (nSPS) is 20.8. The number of likely N-dealkylation sites (tertiary alicyclic amines) is 1. The summed E-state index contributed by atoms with van der Waals surface area (Å²) in [6.45, 7) is 8.25. The first-order valence-electron chi connectivity index (χ1n) is 14.2. The Morgan fingerprint density at radius 2 is 1.79 bits per heavy atom. The van der Waals surface area contributed by atoms with Crippen LogP contribution in [-0.4, -0.2) is 89.7 Å². The summed E-state index contributed by atoms with van der Waals surface area (Å²) in [7, 11) is 0. The molecule has 4 rings (SSSR count). The Bertz CT molecular complexity index is 1090. The van der Waals surface area contributed by atoms with E-state index in [0.29, 0.717) is 45.0 Å². The maximum absolute atomic E-state index is 12.2. The van der Waals surface area contributed by atoms with Crippen LogP contribution < -0.4 is 9.47 Å². The summed E-state index contributed by atoms with van der Waals surface area (Å²) in [5, 5.41) is 11.6. The van der Waals surface area contributed by atoms with Crippen LogP contribution >= 0.6 is 0 Å². The molecule has 0 bridgehead atoms. The molecule has 1 unspecified atom stereocenters. The first-order chi connectivity index (χ1) is 18.8. The summed E-state index contributed by atoms with van der Waals surface area (Å²) < 4.78 is 12.0. The van der Waals surface area contributed by atoms with Gasteiger partial charge in [0.2, 0.25) is 11.8 Å². The van der Waals surface area contributed by atoms with Crippen LogP contribution in [0.5, 0.6) is 11.5 Å². The minimum Gasteiger partial charge on any atom is -0.494 e. The van der Waals surface area contributed by atoms with Gasteiger partial charge in [-0.25, -0.2) is 0 Å². The minimum atomic E-state index is -1.20. The lowest BCUT2D eigenvalue weighted by Gasteiger charge is -2.32. The number of ether oxygens (including phenoxy) is 2. The number of benzene rings is 2. The molecule has 8 heteroatoms. The molecular weight excluding hydrogens is 494 g/mol. The topological polar surface area (TPSA) is 82.6 Å². The van der Waals surface area contributed by atoms with Crippen LogP contribution in [-0.2, 0) is 16.1 Å². The highest BCUT2D eigenvalue weighted by Crippen LogP contribution is 2.22. The van der Waals surface area contributed by atoms with Crippen LogP contribution in [0.4, 0.5) is 0 Å². The second-order valence-corrected chi connectivity index (χ2v) is 11.0. The van der Waals surface area contributed by atoms with Gasteiger partial charge in [-0.2, -0.15) is 0 Å². The molecule has 0 aliphatic carbocycles. The van der Waals surface area contributed by atoms with Crippen molar-refractivity contribution >= 4 is 11.8 Å². The molecule has 1 atom stereocenters. The third kappa shape index (κ3) is 8.97. The van der Waals surface area contributed by atoms with E-state index in [1.807, 2.05) is 54.3 Å². The average molecular weight is 538 g/mol. The predicted molar refractivity (Wildman–Crippen MR) is 151 cm³/mol. The van der Waals surface area contributed by atoms with Crippen molar-refractivity contribution in [1.29, 1.82) is 0 Å². The van der Waals surface area contributed by atoms with Gasteiger partial charge in [0.25, 0.3) is 0 Å². The maximum atomic E-state index is 12.2. The van der Waals surface area contributed by atoms with Gasteiger partial charge < -0.3 is 24.4 Å². The quantitative estimate of drug-likeness (QED) is 0.466. The number of carbonyl (C=O) groups excluding carboxylic acids is 2. The Morgan fingerprint density at radius 3 is 2.59 bits per heavy atom. The standard InChI is InChI=1S/C31H43N3O5/c1-25-11-13-28(14-12-25)39-24-31(37)22-32(17-18-34(23-31)26(2)35)21-27-8-6-9-29(20-27)38-19-7-16-33-15-5-3-4-10-30(33)36/h6,8-9,11-14,20,37H,3-5,7,10,15-19,21-24H2,1-2H3. The van der Waals surface area contributed by atoms with Crippen LogP contribution in [0.15, 0.2) is 48.5 Å². The minimum absolute atomic E-state index is 0.0529. The summed E-state index contributed by atoms with van der Waals surface area (Å²) in [5.41, 5.74) is 1.02. The lowest BCUT2D eigenvalue weighted by molar-refractivity contribution is -0.132. The van der Waals surface area contributed by atoms with E-state index in [1.54, 1.807) is 11.8 Å². The first-order valence-corrected chi connectivity index (χ1v) is 14.2. The van der Waals surface area contributed by atoms with Crippen LogP contribution in [0.25, 0.3) is 0 Å². The molecule has 0 radical (unpaired) electrons. The van der Waals surface area contributed by atoms with Crippen molar-refractivity contribution in [3.63, 3.8) is 0 Å². The second-order valence-electron chi connectivity index (χ2n) is 11.0. The van der Waals surface area contributed by atoms with Crippen LogP contribution in [0.2, 0.25) is 0 Å². The number of aliphatic hydroxyl groups is 1. The molecule has 2 aromatic rings. The highest BCUT2D eigenvalue weighted by Gasteiger charge is 2.37. The van der Waals surface area contributed by atoms with E-state index in [9.17, 15) is 14.7 Å². The third-order valence-electron chi connectivity index (χ3n) is 7.48. The molecule has 2 fully saturated rings. The molecule has 212 valence electrons. The molecule has 1 N–H and O–H groups in total. The van der Waals surface area contributed by atoms with E-state index < -0.39 is 5.60 Å². The lowest BCUT2D eigenvalue weighted by atomic mass is 10.0. The summed E-state index contributed by atoms with van der Waals surface area (Å²) in [6.07, 6.45) is 4.68. The van der Waals surface area contributed by atoms with E-state index >= 15 is 0 Å². The van der Waals surface area contributed by atoms with E-state index in [2.05, 4.69) is 11.0 Å². The lowest BCUT2D eigenvalue weighted by Crippen LogP contribution is -2.51. The third-order valence-corrected chi connectivity index (χ3v) is 7.48. The zero-order valence-electron chi connectivity index (χ0n) is 23.4. The Kier molecular flexibility index (Phi) is 10.2. The molecule has 39 heavy (non-hydrogen) atoms. The Morgan fingerprint density at radius 1 is 0.974 bits per heavy atom. The van der Waals surface area contributed by atoms with E-state index in [0.717, 1.165) is 55.6 Å². The smallest absolute Gasteiger partial charge is 0.222 e. The van der Waals surface area contributed by atoms with Gasteiger partial charge in [-0.1, -0.05) is 36.2 Å². The van der Waals surface area contributed by atoms with Gasteiger partial charge in [0, 0.05) is 52.6 Å². The average Bonchev–Trinajstić information content (AvgIpc) is 3.22. The van der Waals surface area contributed by atoms with Crippen molar-refractivity contribution in [1.82, 2.24) is 14.7 Å². The Balaban J connectivity index is 1.32. The van der Waals surface area contributed by atoms with Gasteiger partial charge in [-0.15, -0.1) is 0 Å². The van der Waals surface area contributed by atoms with E-state index in [-0.39, 0.29) is 25.0 Å². The molecule has 0 aromatic heterocycles. The summed E-state index contributed by atoms with van der Waals surface area (Å²) in [6, 6.07) is 15.8. The summed E-state index contributed by atoms with van der Waals surface area (Å²) in [4.78, 5) is 30.3. The molecular formula is C31H43N3O5. The number of carbonyl (C=O) groups is 2. The molecule has 2 aliphatic heterocycles. The van der Waals surface area contributed by atoms with Crippen molar-refractivity contribution in [3.8, 4) is 11.5 Å². The number of hydrogen-bond donors (Lipinski definition) is 1. The van der Waals surface area contributed by atoms with Crippen LogP contribution in [0, 0.1) is 6.92 Å². The van der Waals surface area contributed by atoms with Crippen LogP contribution in [0.3, 0.4) is 0 Å². The number of hydrogen-bond acceptors (Lipinski definition) is 6. The first kappa shape index (κ1) is 28.9.